The zero-order valence-corrected chi connectivity index (χ0v) is 15.3. The Morgan fingerprint density at radius 1 is 1.19 bits per heavy atom. The van der Waals surface area contributed by atoms with Crippen molar-refractivity contribution >= 4 is 46.5 Å². The fourth-order valence-corrected chi connectivity index (χ4v) is 2.68. The molecule has 0 unspecified atom stereocenters. The summed E-state index contributed by atoms with van der Waals surface area (Å²) in [5.74, 6) is -1.28. The van der Waals surface area contributed by atoms with Gasteiger partial charge in [0, 0.05) is 16.4 Å². The highest BCUT2D eigenvalue weighted by atomic mass is 35.5. The molecule has 8 nitrogen and oxygen atoms in total. The lowest BCUT2D eigenvalue weighted by atomic mass is 10.3. The van der Waals surface area contributed by atoms with Crippen LogP contribution in [0.4, 0.5) is 5.69 Å². The number of halogens is 2. The molecule has 0 fully saturated rings. The minimum Gasteiger partial charge on any atom is -0.450 e. The van der Waals surface area contributed by atoms with E-state index in [2.05, 4.69) is 20.4 Å². The summed E-state index contributed by atoms with van der Waals surface area (Å²) in [7, 11) is 0. The zero-order chi connectivity index (χ0) is 18.8. The van der Waals surface area contributed by atoms with Gasteiger partial charge in [0.05, 0.1) is 10.7 Å². The summed E-state index contributed by atoms with van der Waals surface area (Å²) in [6.45, 7) is 3.11. The number of amides is 1. The normalized spacial score (nSPS) is 10.8. The van der Waals surface area contributed by atoms with Crippen molar-refractivity contribution in [3.8, 4) is 0 Å². The maximum absolute atomic E-state index is 12.1. The summed E-state index contributed by atoms with van der Waals surface area (Å²) in [5.41, 5.74) is 1.88. The summed E-state index contributed by atoms with van der Waals surface area (Å²) in [6, 6.07) is 6.42. The second kappa shape index (κ2) is 7.27. The predicted octanol–water partition coefficient (Wildman–Crippen LogP) is 2.84. The van der Waals surface area contributed by atoms with Crippen LogP contribution in [0.25, 0.3) is 5.78 Å². The highest BCUT2D eigenvalue weighted by Gasteiger charge is 2.18. The third-order valence-corrected chi connectivity index (χ3v) is 3.89. The molecule has 134 valence electrons. The summed E-state index contributed by atoms with van der Waals surface area (Å²) < 4.78 is 6.37. The molecular weight excluding hydrogens is 381 g/mol. The number of nitrogens with zero attached hydrogens (tertiary/aromatic N) is 4. The van der Waals surface area contributed by atoms with Crippen molar-refractivity contribution < 1.29 is 14.3 Å². The van der Waals surface area contributed by atoms with Crippen LogP contribution in [-0.4, -0.2) is 38.1 Å². The van der Waals surface area contributed by atoms with Gasteiger partial charge in [0.25, 0.3) is 17.5 Å². The van der Waals surface area contributed by atoms with E-state index in [1.54, 1.807) is 18.2 Å². The number of nitrogens with one attached hydrogen (secondary N) is 1. The van der Waals surface area contributed by atoms with Crippen molar-refractivity contribution in [2.24, 2.45) is 0 Å². The van der Waals surface area contributed by atoms with Gasteiger partial charge in [0.2, 0.25) is 0 Å². The number of rotatable bonds is 4. The van der Waals surface area contributed by atoms with Gasteiger partial charge >= 0.3 is 5.97 Å². The largest absolute Gasteiger partial charge is 0.450 e. The van der Waals surface area contributed by atoms with Crippen molar-refractivity contribution in [3.05, 3.63) is 51.5 Å². The maximum atomic E-state index is 12.1. The van der Waals surface area contributed by atoms with Gasteiger partial charge in [0.1, 0.15) is 0 Å². The second-order valence-corrected chi connectivity index (χ2v) is 6.28. The molecule has 0 aliphatic rings. The number of aromatic nitrogens is 4. The predicted molar refractivity (Wildman–Crippen MR) is 95.6 cm³/mol. The topological polar surface area (TPSA) is 98.5 Å². The number of anilines is 1. The number of esters is 1. The van der Waals surface area contributed by atoms with E-state index in [4.69, 9.17) is 27.9 Å². The molecule has 0 radical (unpaired) electrons. The number of benzene rings is 1. The summed E-state index contributed by atoms with van der Waals surface area (Å²) >= 11 is 11.8. The first-order valence-corrected chi connectivity index (χ1v) is 8.22. The molecule has 0 aliphatic carbocycles. The Hall–Kier alpha value is -2.71. The van der Waals surface area contributed by atoms with Crippen LogP contribution in [-0.2, 0) is 9.53 Å². The highest BCUT2D eigenvalue weighted by molar-refractivity contribution is 6.36. The van der Waals surface area contributed by atoms with Crippen LogP contribution < -0.4 is 5.32 Å². The Balaban J connectivity index is 1.65. The number of ether oxygens (including phenoxy) is 1. The van der Waals surface area contributed by atoms with Crippen molar-refractivity contribution in [1.82, 2.24) is 19.6 Å². The summed E-state index contributed by atoms with van der Waals surface area (Å²) in [4.78, 5) is 32.2. The monoisotopic (exact) mass is 393 g/mol. The molecule has 10 heteroatoms. The first-order valence-electron chi connectivity index (χ1n) is 7.46. The van der Waals surface area contributed by atoms with Gasteiger partial charge in [-0.15, -0.1) is 5.10 Å². The molecule has 0 spiro atoms. The summed E-state index contributed by atoms with van der Waals surface area (Å²) in [6.07, 6.45) is 0. The van der Waals surface area contributed by atoms with Gasteiger partial charge < -0.3 is 10.1 Å². The minimum absolute atomic E-state index is 0.177. The smallest absolute Gasteiger partial charge is 0.378 e. The van der Waals surface area contributed by atoms with Gasteiger partial charge in [-0.2, -0.15) is 4.98 Å². The fraction of sp³-hybridized carbons (Fsp3) is 0.188. The number of hydrogen-bond donors (Lipinski definition) is 1. The lowest BCUT2D eigenvalue weighted by Gasteiger charge is -2.07. The Kier molecular flexibility index (Phi) is 5.06. The fourth-order valence-electron chi connectivity index (χ4n) is 2.23. The van der Waals surface area contributed by atoms with Crippen LogP contribution in [0, 0.1) is 13.8 Å². The number of hydrogen-bond acceptors (Lipinski definition) is 6. The molecule has 3 aromatic rings. The van der Waals surface area contributed by atoms with Crippen LogP contribution in [0.5, 0.6) is 0 Å². The Labute approximate surface area is 158 Å². The molecule has 0 bridgehead atoms. The van der Waals surface area contributed by atoms with Gasteiger partial charge in [-0.1, -0.05) is 23.2 Å². The third-order valence-electron chi connectivity index (χ3n) is 3.34. The first kappa shape index (κ1) is 18.1. The van der Waals surface area contributed by atoms with E-state index in [-0.39, 0.29) is 16.6 Å². The number of fused-ring (bicyclic) bond motifs is 1. The molecule has 1 amide bonds. The molecular formula is C16H13Cl2N5O3. The molecule has 0 aliphatic heterocycles. The molecule has 2 aromatic heterocycles. The minimum atomic E-state index is -0.829. The highest BCUT2D eigenvalue weighted by Crippen LogP contribution is 2.25. The quantitative estimate of drug-likeness (QED) is 0.684. The van der Waals surface area contributed by atoms with Crippen molar-refractivity contribution in [2.45, 2.75) is 13.8 Å². The van der Waals surface area contributed by atoms with E-state index >= 15 is 0 Å². The van der Waals surface area contributed by atoms with Crippen molar-refractivity contribution in [1.29, 1.82) is 0 Å². The van der Waals surface area contributed by atoms with Crippen LogP contribution in [0.15, 0.2) is 24.3 Å². The average Bonchev–Trinajstić information content (AvgIpc) is 2.99. The Morgan fingerprint density at radius 2 is 1.96 bits per heavy atom. The first-order chi connectivity index (χ1) is 12.3. The van der Waals surface area contributed by atoms with E-state index in [0.29, 0.717) is 10.7 Å². The van der Waals surface area contributed by atoms with Gasteiger partial charge in [-0.25, -0.2) is 14.3 Å². The lowest BCUT2D eigenvalue weighted by molar-refractivity contribution is -0.119. The van der Waals surface area contributed by atoms with Crippen LogP contribution in [0.1, 0.15) is 22.0 Å². The van der Waals surface area contributed by atoms with Gasteiger partial charge in [-0.3, -0.25) is 4.79 Å². The molecule has 0 saturated heterocycles. The molecule has 3 rings (SSSR count). The number of carbonyl (C=O) groups excluding carboxylic acids is 2. The van der Waals surface area contributed by atoms with E-state index in [0.717, 1.165) is 11.4 Å². The third kappa shape index (κ3) is 3.92. The zero-order valence-electron chi connectivity index (χ0n) is 13.8. The maximum Gasteiger partial charge on any atom is 0.378 e. The second-order valence-electron chi connectivity index (χ2n) is 5.43. The lowest BCUT2D eigenvalue weighted by Crippen LogP contribution is -2.21. The number of aryl methyl sites for hydroxylation is 2. The standard InChI is InChI=1S/C16H13Cl2N5O3/c1-8-5-9(2)23-16(19-8)21-14(22-23)15(25)26-7-13(24)20-12-4-3-10(17)6-11(12)18/h3-6H,7H2,1-2H3,(H,20,24). The van der Waals surface area contributed by atoms with E-state index < -0.39 is 18.5 Å². The Morgan fingerprint density at radius 3 is 2.69 bits per heavy atom. The van der Waals surface area contributed by atoms with Crippen molar-refractivity contribution in [2.75, 3.05) is 11.9 Å². The molecule has 0 saturated carbocycles. The molecule has 2 heterocycles. The van der Waals surface area contributed by atoms with E-state index in [9.17, 15) is 9.59 Å². The Bertz CT molecular complexity index is 1020. The van der Waals surface area contributed by atoms with Crippen LogP contribution >= 0.6 is 23.2 Å². The van der Waals surface area contributed by atoms with Gasteiger partial charge in [0.15, 0.2) is 6.61 Å². The molecule has 26 heavy (non-hydrogen) atoms. The van der Waals surface area contributed by atoms with E-state index in [1.807, 2.05) is 13.8 Å². The molecule has 1 N–H and O–H groups in total. The van der Waals surface area contributed by atoms with E-state index in [1.165, 1.54) is 10.6 Å². The average molecular weight is 394 g/mol. The number of carbonyl (C=O) groups is 2. The molecule has 0 atom stereocenters. The SMILES string of the molecule is Cc1cc(C)n2nc(C(=O)OCC(=O)Nc3ccc(Cl)cc3Cl)nc2n1. The van der Waals surface area contributed by atoms with Crippen LogP contribution in [0.2, 0.25) is 10.0 Å². The van der Waals surface area contributed by atoms with Crippen LogP contribution in [0.3, 0.4) is 0 Å². The molecule has 1 aromatic carbocycles. The van der Waals surface area contributed by atoms with Gasteiger partial charge in [-0.05, 0) is 38.1 Å². The summed E-state index contributed by atoms with van der Waals surface area (Å²) in [5, 5.41) is 7.28. The van der Waals surface area contributed by atoms with Crippen molar-refractivity contribution in [3.63, 3.8) is 0 Å².